The first-order chi connectivity index (χ1) is 9.95. The smallest absolute Gasteiger partial charge is 0.262 e. The van der Waals surface area contributed by atoms with E-state index in [1.54, 1.807) is 19.1 Å². The molecule has 0 bridgehead atoms. The molecular formula is C15H12ClF2NO2. The highest BCUT2D eigenvalue weighted by Gasteiger charge is 2.08. The standard InChI is InChI=1S/C15H12ClF2NO2/c1-9-2-4-11(7-13(9)18)19-15(20)8-21-14-5-3-10(17)6-12(14)16/h2-7H,8H2,1H3,(H,19,20). The van der Waals surface area contributed by atoms with Crippen LogP contribution in [0, 0.1) is 18.6 Å². The van der Waals surface area contributed by atoms with Crippen molar-refractivity contribution >= 4 is 23.2 Å². The van der Waals surface area contributed by atoms with Gasteiger partial charge in [-0.15, -0.1) is 0 Å². The fourth-order valence-electron chi connectivity index (χ4n) is 1.60. The van der Waals surface area contributed by atoms with Crippen molar-refractivity contribution < 1.29 is 18.3 Å². The zero-order valence-corrected chi connectivity index (χ0v) is 11.9. The Morgan fingerprint density at radius 2 is 2.00 bits per heavy atom. The van der Waals surface area contributed by atoms with Crippen LogP contribution in [0.4, 0.5) is 14.5 Å². The Hall–Kier alpha value is -2.14. The van der Waals surface area contributed by atoms with E-state index in [0.29, 0.717) is 11.3 Å². The fourth-order valence-corrected chi connectivity index (χ4v) is 1.83. The van der Waals surface area contributed by atoms with E-state index in [1.807, 2.05) is 0 Å². The summed E-state index contributed by atoms with van der Waals surface area (Å²) in [5, 5.41) is 2.56. The molecule has 2 aromatic carbocycles. The summed E-state index contributed by atoms with van der Waals surface area (Å²) in [5.74, 6) is -1.18. The van der Waals surface area contributed by atoms with Gasteiger partial charge in [-0.05, 0) is 42.8 Å². The Morgan fingerprint density at radius 1 is 1.24 bits per heavy atom. The van der Waals surface area contributed by atoms with Gasteiger partial charge in [-0.25, -0.2) is 8.78 Å². The van der Waals surface area contributed by atoms with Crippen LogP contribution in [0.3, 0.4) is 0 Å². The minimum absolute atomic E-state index is 0.0733. The van der Waals surface area contributed by atoms with Crippen molar-refractivity contribution in [3.63, 3.8) is 0 Å². The molecule has 3 nitrogen and oxygen atoms in total. The van der Waals surface area contributed by atoms with E-state index in [9.17, 15) is 13.6 Å². The number of hydrogen-bond donors (Lipinski definition) is 1. The number of ether oxygens (including phenoxy) is 1. The molecule has 2 rings (SSSR count). The van der Waals surface area contributed by atoms with Crippen molar-refractivity contribution in [3.05, 3.63) is 58.6 Å². The number of anilines is 1. The summed E-state index contributed by atoms with van der Waals surface area (Å²) in [6.45, 7) is 1.31. The highest BCUT2D eigenvalue weighted by Crippen LogP contribution is 2.24. The van der Waals surface area contributed by atoms with Gasteiger partial charge in [-0.3, -0.25) is 4.79 Å². The van der Waals surface area contributed by atoms with Gasteiger partial charge in [-0.1, -0.05) is 17.7 Å². The fraction of sp³-hybridized carbons (Fsp3) is 0.133. The van der Waals surface area contributed by atoms with Crippen molar-refractivity contribution in [1.82, 2.24) is 0 Å². The normalized spacial score (nSPS) is 10.3. The van der Waals surface area contributed by atoms with E-state index >= 15 is 0 Å². The topological polar surface area (TPSA) is 38.3 Å². The molecule has 0 aliphatic heterocycles. The van der Waals surface area contributed by atoms with Crippen LogP contribution in [0.5, 0.6) is 5.75 Å². The predicted molar refractivity (Wildman–Crippen MR) is 76.7 cm³/mol. The summed E-state index contributed by atoms with van der Waals surface area (Å²) in [6.07, 6.45) is 0. The molecule has 0 saturated carbocycles. The number of aryl methyl sites for hydroxylation is 1. The first-order valence-electron chi connectivity index (χ1n) is 6.09. The third-order valence-electron chi connectivity index (χ3n) is 2.71. The maximum atomic E-state index is 13.3. The highest BCUT2D eigenvalue weighted by molar-refractivity contribution is 6.32. The van der Waals surface area contributed by atoms with E-state index in [0.717, 1.165) is 6.07 Å². The van der Waals surface area contributed by atoms with Gasteiger partial charge in [0.2, 0.25) is 0 Å². The molecule has 0 heterocycles. The first kappa shape index (κ1) is 15.3. The molecular weight excluding hydrogens is 300 g/mol. The van der Waals surface area contributed by atoms with Crippen LogP contribution in [0.25, 0.3) is 0 Å². The van der Waals surface area contributed by atoms with Crippen LogP contribution in [-0.2, 0) is 4.79 Å². The number of rotatable bonds is 4. The summed E-state index contributed by atoms with van der Waals surface area (Å²) in [7, 11) is 0. The summed E-state index contributed by atoms with van der Waals surface area (Å²) >= 11 is 5.77. The number of hydrogen-bond acceptors (Lipinski definition) is 2. The van der Waals surface area contributed by atoms with Gasteiger partial charge in [0.1, 0.15) is 17.4 Å². The number of halogens is 3. The zero-order chi connectivity index (χ0) is 15.4. The van der Waals surface area contributed by atoms with E-state index in [2.05, 4.69) is 5.32 Å². The van der Waals surface area contributed by atoms with Crippen molar-refractivity contribution in [1.29, 1.82) is 0 Å². The SMILES string of the molecule is Cc1ccc(NC(=O)COc2ccc(F)cc2Cl)cc1F. The van der Waals surface area contributed by atoms with Gasteiger partial charge in [0.15, 0.2) is 6.61 Å². The van der Waals surface area contributed by atoms with Gasteiger partial charge in [0.25, 0.3) is 5.91 Å². The predicted octanol–water partition coefficient (Wildman–Crippen LogP) is 3.94. The summed E-state index contributed by atoms with van der Waals surface area (Å²) in [6, 6.07) is 7.96. The largest absolute Gasteiger partial charge is 0.482 e. The number of carbonyl (C=O) groups is 1. The lowest BCUT2D eigenvalue weighted by Gasteiger charge is -2.09. The molecule has 0 saturated heterocycles. The average molecular weight is 312 g/mol. The summed E-state index contributed by atoms with van der Waals surface area (Å²) in [5.41, 5.74) is 0.819. The van der Waals surface area contributed by atoms with Gasteiger partial charge >= 0.3 is 0 Å². The van der Waals surface area contributed by atoms with E-state index in [4.69, 9.17) is 16.3 Å². The Bertz CT molecular complexity index is 677. The van der Waals surface area contributed by atoms with Crippen LogP contribution < -0.4 is 10.1 Å². The summed E-state index contributed by atoms with van der Waals surface area (Å²) < 4.78 is 31.4. The van der Waals surface area contributed by atoms with E-state index in [1.165, 1.54) is 18.2 Å². The minimum Gasteiger partial charge on any atom is -0.482 e. The molecule has 0 aliphatic carbocycles. The minimum atomic E-state index is -0.494. The Morgan fingerprint density at radius 3 is 2.67 bits per heavy atom. The molecule has 0 aromatic heterocycles. The molecule has 21 heavy (non-hydrogen) atoms. The van der Waals surface area contributed by atoms with Crippen LogP contribution in [0.15, 0.2) is 36.4 Å². The molecule has 0 spiro atoms. The van der Waals surface area contributed by atoms with Gasteiger partial charge < -0.3 is 10.1 Å². The quantitative estimate of drug-likeness (QED) is 0.928. The van der Waals surface area contributed by atoms with Crippen molar-refractivity contribution in [2.24, 2.45) is 0 Å². The zero-order valence-electron chi connectivity index (χ0n) is 11.1. The third-order valence-corrected chi connectivity index (χ3v) is 3.00. The molecule has 0 aliphatic rings. The van der Waals surface area contributed by atoms with E-state index < -0.39 is 17.5 Å². The van der Waals surface area contributed by atoms with Crippen molar-refractivity contribution in [2.75, 3.05) is 11.9 Å². The lowest BCUT2D eigenvalue weighted by molar-refractivity contribution is -0.118. The molecule has 0 atom stereocenters. The molecule has 110 valence electrons. The highest BCUT2D eigenvalue weighted by atomic mass is 35.5. The lowest BCUT2D eigenvalue weighted by Crippen LogP contribution is -2.20. The van der Waals surface area contributed by atoms with Crippen LogP contribution >= 0.6 is 11.6 Å². The molecule has 0 radical (unpaired) electrons. The summed E-state index contributed by atoms with van der Waals surface area (Å²) in [4.78, 5) is 11.7. The maximum absolute atomic E-state index is 13.3. The second-order valence-electron chi connectivity index (χ2n) is 4.38. The van der Waals surface area contributed by atoms with Crippen LogP contribution in [0.2, 0.25) is 5.02 Å². The van der Waals surface area contributed by atoms with Crippen LogP contribution in [0.1, 0.15) is 5.56 Å². The third kappa shape index (κ3) is 4.16. The van der Waals surface area contributed by atoms with Crippen molar-refractivity contribution in [2.45, 2.75) is 6.92 Å². The van der Waals surface area contributed by atoms with E-state index in [-0.39, 0.29) is 17.4 Å². The maximum Gasteiger partial charge on any atom is 0.262 e. The second kappa shape index (κ2) is 6.54. The van der Waals surface area contributed by atoms with Crippen molar-refractivity contribution in [3.8, 4) is 5.75 Å². The van der Waals surface area contributed by atoms with Gasteiger partial charge in [0.05, 0.1) is 5.02 Å². The number of carbonyl (C=O) groups excluding carboxylic acids is 1. The van der Waals surface area contributed by atoms with Crippen LogP contribution in [-0.4, -0.2) is 12.5 Å². The number of amides is 1. The lowest BCUT2D eigenvalue weighted by atomic mass is 10.2. The van der Waals surface area contributed by atoms with Gasteiger partial charge in [0, 0.05) is 5.69 Å². The molecule has 1 N–H and O–H groups in total. The number of nitrogens with one attached hydrogen (secondary N) is 1. The average Bonchev–Trinajstić information content (AvgIpc) is 2.42. The Kier molecular flexibility index (Phi) is 4.75. The second-order valence-corrected chi connectivity index (χ2v) is 4.78. The molecule has 6 heteroatoms. The molecule has 1 amide bonds. The molecule has 0 fully saturated rings. The molecule has 2 aromatic rings. The Labute approximate surface area is 125 Å². The first-order valence-corrected chi connectivity index (χ1v) is 6.47. The van der Waals surface area contributed by atoms with Gasteiger partial charge in [-0.2, -0.15) is 0 Å². The monoisotopic (exact) mass is 311 g/mol. The number of benzene rings is 2. The Balaban J connectivity index is 1.94. The molecule has 0 unspecified atom stereocenters.